The SMILES string of the molecule is COc1ccc(CCC(=O)C2(CCC(N)=O)CNC(=O)C2)cc1. The normalized spacial score (nSPS) is 20.1. The third-order valence-electron chi connectivity index (χ3n) is 4.36. The number of rotatable bonds is 8. The number of hydrogen-bond acceptors (Lipinski definition) is 4. The first-order valence-corrected chi connectivity index (χ1v) is 7.66. The Labute approximate surface area is 135 Å². The maximum absolute atomic E-state index is 12.7. The van der Waals surface area contributed by atoms with Crippen molar-refractivity contribution in [3.8, 4) is 5.75 Å². The summed E-state index contributed by atoms with van der Waals surface area (Å²) < 4.78 is 5.10. The van der Waals surface area contributed by atoms with Gasteiger partial charge in [-0.25, -0.2) is 0 Å². The minimum atomic E-state index is -0.793. The van der Waals surface area contributed by atoms with Gasteiger partial charge in [-0.3, -0.25) is 14.4 Å². The number of nitrogens with two attached hydrogens (primary N) is 1. The third kappa shape index (κ3) is 4.31. The van der Waals surface area contributed by atoms with E-state index in [0.29, 0.717) is 25.8 Å². The molecule has 2 amide bonds. The summed E-state index contributed by atoms with van der Waals surface area (Å²) in [5, 5.41) is 2.70. The zero-order chi connectivity index (χ0) is 16.9. The van der Waals surface area contributed by atoms with E-state index in [-0.39, 0.29) is 24.5 Å². The van der Waals surface area contributed by atoms with E-state index in [2.05, 4.69) is 5.32 Å². The van der Waals surface area contributed by atoms with Gasteiger partial charge < -0.3 is 15.8 Å². The molecule has 0 radical (unpaired) electrons. The van der Waals surface area contributed by atoms with Crippen LogP contribution in [-0.4, -0.2) is 31.3 Å². The topological polar surface area (TPSA) is 98.5 Å². The highest BCUT2D eigenvalue weighted by atomic mass is 16.5. The fourth-order valence-electron chi connectivity index (χ4n) is 2.89. The lowest BCUT2D eigenvalue weighted by Gasteiger charge is -2.25. The molecule has 2 rings (SSSR count). The van der Waals surface area contributed by atoms with E-state index in [1.165, 1.54) is 0 Å². The number of nitrogens with one attached hydrogen (secondary N) is 1. The largest absolute Gasteiger partial charge is 0.497 e. The molecule has 0 bridgehead atoms. The molecular weight excluding hydrogens is 296 g/mol. The number of ether oxygens (including phenoxy) is 1. The summed E-state index contributed by atoms with van der Waals surface area (Å²) >= 11 is 0. The average Bonchev–Trinajstić information content (AvgIpc) is 2.93. The van der Waals surface area contributed by atoms with Crippen molar-refractivity contribution in [2.45, 2.75) is 32.1 Å². The van der Waals surface area contributed by atoms with Crippen LogP contribution in [0.1, 0.15) is 31.2 Å². The maximum Gasteiger partial charge on any atom is 0.221 e. The van der Waals surface area contributed by atoms with Gasteiger partial charge in [0.15, 0.2) is 0 Å². The van der Waals surface area contributed by atoms with E-state index < -0.39 is 11.3 Å². The quantitative estimate of drug-likeness (QED) is 0.746. The molecule has 1 aromatic carbocycles. The van der Waals surface area contributed by atoms with Crippen molar-refractivity contribution in [1.29, 1.82) is 0 Å². The zero-order valence-electron chi connectivity index (χ0n) is 13.3. The van der Waals surface area contributed by atoms with Crippen molar-refractivity contribution < 1.29 is 19.1 Å². The molecule has 1 aliphatic rings. The van der Waals surface area contributed by atoms with Crippen LogP contribution in [0.5, 0.6) is 5.75 Å². The predicted octanol–water partition coefficient (Wildman–Crippen LogP) is 0.969. The molecule has 124 valence electrons. The van der Waals surface area contributed by atoms with Crippen LogP contribution in [0.3, 0.4) is 0 Å². The number of aryl methyl sites for hydroxylation is 1. The van der Waals surface area contributed by atoms with E-state index >= 15 is 0 Å². The third-order valence-corrected chi connectivity index (χ3v) is 4.36. The molecule has 23 heavy (non-hydrogen) atoms. The molecule has 1 saturated heterocycles. The highest BCUT2D eigenvalue weighted by Gasteiger charge is 2.43. The van der Waals surface area contributed by atoms with E-state index in [9.17, 15) is 14.4 Å². The Morgan fingerprint density at radius 3 is 2.48 bits per heavy atom. The Kier molecular flexibility index (Phi) is 5.36. The highest BCUT2D eigenvalue weighted by Crippen LogP contribution is 2.34. The van der Waals surface area contributed by atoms with Gasteiger partial charge in [0, 0.05) is 25.8 Å². The second kappa shape index (κ2) is 7.26. The summed E-state index contributed by atoms with van der Waals surface area (Å²) in [7, 11) is 1.60. The van der Waals surface area contributed by atoms with E-state index in [4.69, 9.17) is 10.5 Å². The number of ketones is 1. The average molecular weight is 318 g/mol. The number of benzene rings is 1. The summed E-state index contributed by atoms with van der Waals surface area (Å²) in [6.07, 6.45) is 1.50. The molecule has 0 aromatic heterocycles. The Bertz CT molecular complexity index is 597. The van der Waals surface area contributed by atoms with Crippen LogP contribution in [-0.2, 0) is 20.8 Å². The van der Waals surface area contributed by atoms with Gasteiger partial charge in [0.2, 0.25) is 11.8 Å². The van der Waals surface area contributed by atoms with Gasteiger partial charge in [-0.2, -0.15) is 0 Å². The number of primary amides is 1. The standard InChI is InChI=1S/C17H22N2O4/c1-23-13-5-2-12(3-6-13)4-7-14(20)17(9-8-15(18)21)10-16(22)19-11-17/h2-3,5-6H,4,7-11H2,1H3,(H2,18,21)(H,19,22). The molecule has 1 heterocycles. The lowest BCUT2D eigenvalue weighted by Crippen LogP contribution is -2.35. The summed E-state index contributed by atoms with van der Waals surface area (Å²) in [5.74, 6) is 0.176. The lowest BCUT2D eigenvalue weighted by molar-refractivity contribution is -0.131. The first kappa shape index (κ1) is 17.0. The van der Waals surface area contributed by atoms with Crippen LogP contribution in [0, 0.1) is 5.41 Å². The van der Waals surface area contributed by atoms with Crippen molar-refractivity contribution in [1.82, 2.24) is 5.32 Å². The second-order valence-electron chi connectivity index (χ2n) is 5.97. The number of methoxy groups -OCH3 is 1. The fraction of sp³-hybridized carbons (Fsp3) is 0.471. The number of hydrogen-bond donors (Lipinski definition) is 2. The predicted molar refractivity (Wildman–Crippen MR) is 84.8 cm³/mol. The molecule has 6 nitrogen and oxygen atoms in total. The molecule has 1 aliphatic heterocycles. The number of carbonyl (C=O) groups excluding carboxylic acids is 3. The van der Waals surface area contributed by atoms with Gasteiger partial charge in [0.05, 0.1) is 12.5 Å². The van der Waals surface area contributed by atoms with E-state index in [0.717, 1.165) is 11.3 Å². The Hall–Kier alpha value is -2.37. The van der Waals surface area contributed by atoms with Gasteiger partial charge in [0.25, 0.3) is 0 Å². The highest BCUT2D eigenvalue weighted by molar-refractivity contribution is 5.94. The molecule has 6 heteroatoms. The van der Waals surface area contributed by atoms with Crippen molar-refractivity contribution >= 4 is 17.6 Å². The molecule has 1 aromatic rings. The number of Topliss-reactive ketones (excluding diaryl/α,β-unsaturated/α-hetero) is 1. The smallest absolute Gasteiger partial charge is 0.221 e. The van der Waals surface area contributed by atoms with Crippen LogP contribution >= 0.6 is 0 Å². The van der Waals surface area contributed by atoms with Crippen LogP contribution in [0.25, 0.3) is 0 Å². The van der Waals surface area contributed by atoms with Crippen LogP contribution < -0.4 is 15.8 Å². The zero-order valence-corrected chi connectivity index (χ0v) is 13.3. The maximum atomic E-state index is 12.7. The molecule has 0 aliphatic carbocycles. The van der Waals surface area contributed by atoms with Gasteiger partial charge in [-0.15, -0.1) is 0 Å². The molecule has 1 fully saturated rings. The second-order valence-corrected chi connectivity index (χ2v) is 5.97. The van der Waals surface area contributed by atoms with E-state index in [1.807, 2.05) is 24.3 Å². The van der Waals surface area contributed by atoms with Crippen molar-refractivity contribution in [2.75, 3.05) is 13.7 Å². The Balaban J connectivity index is 1.99. The summed E-state index contributed by atoms with van der Waals surface area (Å²) in [6, 6.07) is 7.53. The van der Waals surface area contributed by atoms with Crippen molar-refractivity contribution in [3.05, 3.63) is 29.8 Å². The first-order chi connectivity index (χ1) is 10.9. The van der Waals surface area contributed by atoms with Gasteiger partial charge in [-0.1, -0.05) is 12.1 Å². The van der Waals surface area contributed by atoms with Crippen LogP contribution in [0.4, 0.5) is 0 Å². The van der Waals surface area contributed by atoms with E-state index in [1.54, 1.807) is 7.11 Å². The minimum absolute atomic E-state index is 0.00733. The fourth-order valence-corrected chi connectivity index (χ4v) is 2.89. The molecular formula is C17H22N2O4. The van der Waals surface area contributed by atoms with Crippen LogP contribution in [0.2, 0.25) is 0 Å². The first-order valence-electron chi connectivity index (χ1n) is 7.66. The van der Waals surface area contributed by atoms with Gasteiger partial charge in [-0.05, 0) is 30.5 Å². The lowest BCUT2D eigenvalue weighted by atomic mass is 9.76. The molecule has 0 spiro atoms. The molecule has 3 N–H and O–H groups in total. The number of amides is 2. The molecule has 1 unspecified atom stereocenters. The molecule has 1 atom stereocenters. The minimum Gasteiger partial charge on any atom is -0.497 e. The van der Waals surface area contributed by atoms with Crippen LogP contribution in [0.15, 0.2) is 24.3 Å². The Morgan fingerprint density at radius 2 is 1.96 bits per heavy atom. The summed E-state index contributed by atoms with van der Waals surface area (Å²) in [5.41, 5.74) is 5.43. The van der Waals surface area contributed by atoms with Gasteiger partial charge in [0.1, 0.15) is 11.5 Å². The Morgan fingerprint density at radius 1 is 1.26 bits per heavy atom. The number of carbonyl (C=O) groups is 3. The van der Waals surface area contributed by atoms with Gasteiger partial charge >= 0.3 is 0 Å². The summed E-state index contributed by atoms with van der Waals surface area (Å²) in [4.78, 5) is 35.2. The van der Waals surface area contributed by atoms with Crippen molar-refractivity contribution in [3.63, 3.8) is 0 Å². The van der Waals surface area contributed by atoms with Crippen molar-refractivity contribution in [2.24, 2.45) is 11.1 Å². The summed E-state index contributed by atoms with van der Waals surface area (Å²) in [6.45, 7) is 0.292. The monoisotopic (exact) mass is 318 g/mol. The molecule has 0 saturated carbocycles.